The van der Waals surface area contributed by atoms with Crippen molar-refractivity contribution in [2.24, 2.45) is 5.16 Å². The molecule has 2 aliphatic rings. The smallest absolute Gasteiger partial charge is 0.262 e. The number of hydrogen-bond acceptors (Lipinski definition) is 6. The highest BCUT2D eigenvalue weighted by atomic mass is 28.4. The van der Waals surface area contributed by atoms with Crippen LogP contribution in [0.2, 0.25) is 5.04 Å². The van der Waals surface area contributed by atoms with Crippen LogP contribution in [-0.4, -0.2) is 59.0 Å². The van der Waals surface area contributed by atoms with Crippen molar-refractivity contribution in [1.82, 2.24) is 0 Å². The first kappa shape index (κ1) is 23.9. The lowest BCUT2D eigenvalue weighted by atomic mass is 10.0. The molecule has 2 fully saturated rings. The minimum absolute atomic E-state index is 0.193. The van der Waals surface area contributed by atoms with Crippen molar-refractivity contribution in [2.45, 2.75) is 50.4 Å². The van der Waals surface area contributed by atoms with E-state index >= 15 is 0 Å². The summed E-state index contributed by atoms with van der Waals surface area (Å²) in [6.07, 6.45) is -0.157. The van der Waals surface area contributed by atoms with Crippen LogP contribution < -0.4 is 10.4 Å². The maximum atomic E-state index is 7.34. The molecule has 2 bridgehead atoms. The monoisotopic (exact) mass is 467 g/mol. The van der Waals surface area contributed by atoms with Gasteiger partial charge in [-0.3, -0.25) is 0 Å². The summed E-state index contributed by atoms with van der Waals surface area (Å²) in [6.45, 7) is 11.2. The number of nitrogens with zero attached hydrogens (tertiary/aromatic N) is 1. The highest BCUT2D eigenvalue weighted by molar-refractivity contribution is 6.99. The van der Waals surface area contributed by atoms with Gasteiger partial charge in [-0.1, -0.05) is 92.7 Å². The summed E-state index contributed by atoms with van der Waals surface area (Å²) < 4.78 is 25.5. The molecule has 2 aromatic rings. The van der Waals surface area contributed by atoms with Crippen molar-refractivity contribution in [3.63, 3.8) is 0 Å². The second kappa shape index (κ2) is 9.91. The molecule has 0 N–H and O–H groups in total. The number of rotatable bonds is 8. The van der Waals surface area contributed by atoms with Gasteiger partial charge in [0.2, 0.25) is 0 Å². The first-order chi connectivity index (χ1) is 15.9. The molecule has 33 heavy (non-hydrogen) atoms. The molecule has 0 saturated carbocycles. The van der Waals surface area contributed by atoms with E-state index in [0.29, 0.717) is 18.9 Å². The SMILES string of the molecule is C=CCO[C@H]1/C(=N/OC)[C@H](O[Si](c2ccccc2)(c2ccccc2)C(C)(C)C)[C@H]2CO[C@@H]1O2. The van der Waals surface area contributed by atoms with Crippen LogP contribution in [0.4, 0.5) is 0 Å². The zero-order valence-corrected chi connectivity index (χ0v) is 20.8. The van der Waals surface area contributed by atoms with Crippen molar-refractivity contribution < 1.29 is 23.5 Å². The van der Waals surface area contributed by atoms with Crippen LogP contribution in [0.5, 0.6) is 0 Å². The predicted octanol–water partition coefficient (Wildman–Crippen LogP) is 3.26. The second-order valence-electron chi connectivity index (χ2n) is 9.32. The van der Waals surface area contributed by atoms with E-state index in [-0.39, 0.29) is 11.1 Å². The number of fused-ring (bicyclic) bond motifs is 2. The highest BCUT2D eigenvalue weighted by Gasteiger charge is 2.57. The van der Waals surface area contributed by atoms with Crippen LogP contribution in [0.3, 0.4) is 0 Å². The highest BCUT2D eigenvalue weighted by Crippen LogP contribution is 2.40. The first-order valence-corrected chi connectivity index (χ1v) is 13.2. The van der Waals surface area contributed by atoms with E-state index < -0.39 is 26.8 Å². The Morgan fingerprint density at radius 2 is 1.64 bits per heavy atom. The Labute approximate surface area is 197 Å². The molecule has 0 amide bonds. The summed E-state index contributed by atoms with van der Waals surface area (Å²) >= 11 is 0. The molecule has 0 unspecified atom stereocenters. The molecule has 6 nitrogen and oxygen atoms in total. The fourth-order valence-electron chi connectivity index (χ4n) is 4.81. The number of ether oxygens (including phenoxy) is 3. The predicted molar refractivity (Wildman–Crippen MR) is 131 cm³/mol. The van der Waals surface area contributed by atoms with Gasteiger partial charge in [-0.15, -0.1) is 6.58 Å². The van der Waals surface area contributed by atoms with Gasteiger partial charge >= 0.3 is 0 Å². The van der Waals surface area contributed by atoms with Gasteiger partial charge in [0, 0.05) is 0 Å². The van der Waals surface area contributed by atoms with Crippen LogP contribution in [0.15, 0.2) is 78.5 Å². The largest absolute Gasteiger partial charge is 0.399 e. The summed E-state index contributed by atoms with van der Waals surface area (Å²) in [7, 11) is -1.32. The van der Waals surface area contributed by atoms with Crippen LogP contribution in [-0.2, 0) is 23.5 Å². The third-order valence-electron chi connectivity index (χ3n) is 6.21. The molecule has 0 aliphatic carbocycles. The van der Waals surface area contributed by atoms with Gasteiger partial charge in [-0.2, -0.15) is 0 Å². The Morgan fingerprint density at radius 3 is 2.15 bits per heavy atom. The zero-order chi connectivity index (χ0) is 23.5. The van der Waals surface area contributed by atoms with Crippen molar-refractivity contribution >= 4 is 24.4 Å². The lowest BCUT2D eigenvalue weighted by Gasteiger charge is -2.47. The summed E-state index contributed by atoms with van der Waals surface area (Å²) in [4.78, 5) is 5.26. The maximum Gasteiger partial charge on any atom is 0.262 e. The maximum absolute atomic E-state index is 7.34. The molecule has 0 aromatic heterocycles. The van der Waals surface area contributed by atoms with Gasteiger partial charge in [0.1, 0.15) is 25.0 Å². The van der Waals surface area contributed by atoms with Gasteiger partial charge in [0.15, 0.2) is 12.4 Å². The number of oxime groups is 1. The molecule has 176 valence electrons. The van der Waals surface area contributed by atoms with Gasteiger partial charge in [0.25, 0.3) is 8.32 Å². The van der Waals surface area contributed by atoms with Gasteiger partial charge in [-0.25, -0.2) is 0 Å². The summed E-state index contributed by atoms with van der Waals surface area (Å²) in [5.41, 5.74) is 0.658. The van der Waals surface area contributed by atoms with Crippen molar-refractivity contribution in [1.29, 1.82) is 0 Å². The topological polar surface area (TPSA) is 58.5 Å². The Hall–Kier alpha value is -2.29. The van der Waals surface area contributed by atoms with E-state index in [1.807, 2.05) is 12.1 Å². The summed E-state index contributed by atoms with van der Waals surface area (Å²) in [6, 6.07) is 21.0. The van der Waals surface area contributed by atoms with E-state index in [1.165, 1.54) is 17.5 Å². The zero-order valence-electron chi connectivity index (χ0n) is 19.8. The molecule has 0 spiro atoms. The summed E-state index contributed by atoms with van der Waals surface area (Å²) in [5.74, 6) is 0. The van der Waals surface area contributed by atoms with Crippen LogP contribution >= 0.6 is 0 Å². The molecule has 2 aromatic carbocycles. The fraction of sp³-hybridized carbons (Fsp3) is 0.423. The normalized spacial score (nSPS) is 26.4. The van der Waals surface area contributed by atoms with Gasteiger partial charge in [-0.05, 0) is 15.4 Å². The summed E-state index contributed by atoms with van der Waals surface area (Å²) in [5, 5.41) is 6.57. The van der Waals surface area contributed by atoms with Crippen molar-refractivity contribution in [2.75, 3.05) is 20.3 Å². The Kier molecular flexibility index (Phi) is 7.16. The molecule has 2 heterocycles. The van der Waals surface area contributed by atoms with Crippen molar-refractivity contribution in [3.05, 3.63) is 73.3 Å². The molecule has 4 atom stereocenters. The third kappa shape index (κ3) is 4.44. The Bertz CT molecular complexity index is 920. The number of benzene rings is 2. The van der Waals surface area contributed by atoms with E-state index in [2.05, 4.69) is 81.0 Å². The molecule has 0 radical (unpaired) electrons. The molecule has 7 heteroatoms. The first-order valence-electron chi connectivity index (χ1n) is 11.3. The van der Waals surface area contributed by atoms with Crippen molar-refractivity contribution in [3.8, 4) is 0 Å². The Morgan fingerprint density at radius 1 is 1.03 bits per heavy atom. The molecule has 4 rings (SSSR count). The van der Waals surface area contributed by atoms with E-state index in [0.717, 1.165) is 0 Å². The van der Waals surface area contributed by atoms with E-state index in [1.54, 1.807) is 6.08 Å². The lowest BCUT2D eigenvalue weighted by Crippen LogP contribution is -2.70. The van der Waals surface area contributed by atoms with Crippen LogP contribution in [0.1, 0.15) is 20.8 Å². The quantitative estimate of drug-likeness (QED) is 0.339. The fourth-order valence-corrected chi connectivity index (χ4v) is 9.48. The van der Waals surface area contributed by atoms with Gasteiger partial charge < -0.3 is 23.5 Å². The Balaban J connectivity index is 1.86. The third-order valence-corrected chi connectivity index (χ3v) is 11.2. The standard InChI is InChI=1S/C26H33NO5Si/c1-6-17-29-24-22(27-28-5)23(21-18-30-25(24)31-21)32-33(26(2,3)4,19-13-9-7-10-14-19)20-15-11-8-12-16-20/h6-16,21,23-25H,1,17-18H2,2-5H3/b27-22+/t21-,23-,24+,25-/m1/s1. The minimum Gasteiger partial charge on any atom is -0.399 e. The minimum atomic E-state index is -2.86. The van der Waals surface area contributed by atoms with Crippen LogP contribution in [0.25, 0.3) is 0 Å². The second-order valence-corrected chi connectivity index (χ2v) is 13.6. The van der Waals surface area contributed by atoms with Crippen LogP contribution in [0, 0.1) is 0 Å². The molecular formula is C26H33NO5Si. The van der Waals surface area contributed by atoms with Gasteiger partial charge in [0.05, 0.1) is 13.2 Å². The number of hydrogen-bond donors (Lipinski definition) is 0. The molecule has 2 saturated heterocycles. The average Bonchev–Trinajstić information content (AvgIpc) is 3.25. The molecular weight excluding hydrogens is 434 g/mol. The molecule has 2 aliphatic heterocycles. The van der Waals surface area contributed by atoms with E-state index in [9.17, 15) is 0 Å². The van der Waals surface area contributed by atoms with E-state index in [4.69, 9.17) is 23.5 Å². The average molecular weight is 468 g/mol. The lowest BCUT2D eigenvalue weighted by molar-refractivity contribution is -0.147.